The molecule has 19 heavy (non-hydrogen) atoms. The van der Waals surface area contributed by atoms with Crippen LogP contribution in [0.4, 0.5) is 0 Å². The van der Waals surface area contributed by atoms with E-state index >= 15 is 0 Å². The van der Waals surface area contributed by atoms with Crippen LogP contribution in [0.1, 0.15) is 34.2 Å². The molecule has 0 heterocycles. The van der Waals surface area contributed by atoms with E-state index in [4.69, 9.17) is 0 Å². The summed E-state index contributed by atoms with van der Waals surface area (Å²) in [5.74, 6) is 0. The largest absolute Gasteiger partial charge is 0.309 e. The molecule has 2 aromatic rings. The van der Waals surface area contributed by atoms with E-state index < -0.39 is 0 Å². The third kappa shape index (κ3) is 3.05. The maximum atomic E-state index is 3.54. The van der Waals surface area contributed by atoms with Gasteiger partial charge < -0.3 is 5.32 Å². The average molecular weight is 251 g/mol. The molecule has 1 N–H and O–H groups in total. The summed E-state index contributed by atoms with van der Waals surface area (Å²) in [5.41, 5.74) is 7.23. The molecular weight excluding hydrogens is 230 g/mol. The monoisotopic (exact) mass is 251 g/mol. The van der Waals surface area contributed by atoms with E-state index in [1.807, 2.05) is 0 Å². The fourth-order valence-corrected chi connectivity index (χ4v) is 2.91. The van der Waals surface area contributed by atoms with Gasteiger partial charge in [0, 0.05) is 13.1 Å². The van der Waals surface area contributed by atoms with Crippen molar-refractivity contribution >= 4 is 0 Å². The first-order valence-corrected chi connectivity index (χ1v) is 7.18. The molecule has 0 fully saturated rings. The van der Waals surface area contributed by atoms with Gasteiger partial charge in [-0.3, -0.25) is 0 Å². The van der Waals surface area contributed by atoms with Crippen molar-refractivity contribution in [3.8, 4) is 0 Å². The van der Waals surface area contributed by atoms with Gasteiger partial charge in [0.2, 0.25) is 0 Å². The van der Waals surface area contributed by atoms with E-state index in [9.17, 15) is 0 Å². The zero-order valence-corrected chi connectivity index (χ0v) is 11.6. The van der Waals surface area contributed by atoms with Crippen LogP contribution in [0.3, 0.4) is 0 Å². The second-order valence-electron chi connectivity index (χ2n) is 5.55. The lowest BCUT2D eigenvalue weighted by molar-refractivity contribution is 0.692. The Morgan fingerprint density at radius 2 is 1.68 bits per heavy atom. The van der Waals surface area contributed by atoms with Crippen LogP contribution in [0.15, 0.2) is 42.5 Å². The van der Waals surface area contributed by atoms with Crippen molar-refractivity contribution in [1.82, 2.24) is 5.32 Å². The SMILES string of the molecule is Cc1cccc(CNCc2ccc3c(c2)CCC3)c1. The first-order valence-electron chi connectivity index (χ1n) is 7.18. The van der Waals surface area contributed by atoms with E-state index in [0.29, 0.717) is 0 Å². The van der Waals surface area contributed by atoms with Crippen LogP contribution in [-0.2, 0) is 25.9 Å². The lowest BCUT2D eigenvalue weighted by Crippen LogP contribution is -2.12. The minimum atomic E-state index is 0.943. The number of aryl methyl sites for hydroxylation is 3. The van der Waals surface area contributed by atoms with Gasteiger partial charge in [-0.25, -0.2) is 0 Å². The molecule has 0 atom stereocenters. The molecule has 0 unspecified atom stereocenters. The summed E-state index contributed by atoms with van der Waals surface area (Å²) in [5, 5.41) is 3.54. The number of rotatable bonds is 4. The Balaban J connectivity index is 1.58. The molecule has 1 heteroatoms. The quantitative estimate of drug-likeness (QED) is 0.872. The first kappa shape index (κ1) is 12.4. The topological polar surface area (TPSA) is 12.0 Å². The molecule has 1 aliphatic rings. The van der Waals surface area contributed by atoms with Crippen LogP contribution in [0.5, 0.6) is 0 Å². The van der Waals surface area contributed by atoms with Crippen LogP contribution >= 0.6 is 0 Å². The van der Waals surface area contributed by atoms with Crippen molar-refractivity contribution in [2.24, 2.45) is 0 Å². The summed E-state index contributed by atoms with van der Waals surface area (Å²) < 4.78 is 0. The van der Waals surface area contributed by atoms with Gasteiger partial charge in [0.1, 0.15) is 0 Å². The summed E-state index contributed by atoms with van der Waals surface area (Å²) in [6.45, 7) is 4.05. The Hall–Kier alpha value is -1.60. The van der Waals surface area contributed by atoms with Crippen LogP contribution in [-0.4, -0.2) is 0 Å². The smallest absolute Gasteiger partial charge is 0.0208 e. The Morgan fingerprint density at radius 1 is 0.895 bits per heavy atom. The molecule has 0 spiro atoms. The third-order valence-electron chi connectivity index (χ3n) is 3.90. The molecule has 0 bridgehead atoms. The van der Waals surface area contributed by atoms with Crippen LogP contribution in [0.25, 0.3) is 0 Å². The lowest BCUT2D eigenvalue weighted by atomic mass is 10.1. The van der Waals surface area contributed by atoms with E-state index in [-0.39, 0.29) is 0 Å². The van der Waals surface area contributed by atoms with Crippen molar-refractivity contribution in [1.29, 1.82) is 0 Å². The summed E-state index contributed by atoms with van der Waals surface area (Å²) in [6.07, 6.45) is 3.86. The second kappa shape index (κ2) is 5.58. The molecule has 0 saturated carbocycles. The van der Waals surface area contributed by atoms with Crippen molar-refractivity contribution in [2.75, 3.05) is 0 Å². The molecule has 3 rings (SSSR count). The van der Waals surface area contributed by atoms with Crippen LogP contribution in [0, 0.1) is 6.92 Å². The molecular formula is C18H21N. The Morgan fingerprint density at radius 3 is 2.53 bits per heavy atom. The summed E-state index contributed by atoms with van der Waals surface area (Å²) in [4.78, 5) is 0. The minimum Gasteiger partial charge on any atom is -0.309 e. The molecule has 2 aromatic carbocycles. The predicted octanol–water partition coefficient (Wildman–Crippen LogP) is 3.77. The number of benzene rings is 2. The molecule has 1 nitrogen and oxygen atoms in total. The summed E-state index contributed by atoms with van der Waals surface area (Å²) in [7, 11) is 0. The fourth-order valence-electron chi connectivity index (χ4n) is 2.91. The molecule has 98 valence electrons. The molecule has 0 amide bonds. The van der Waals surface area contributed by atoms with Crippen molar-refractivity contribution in [3.63, 3.8) is 0 Å². The normalized spacial score (nSPS) is 13.5. The number of nitrogens with one attached hydrogen (secondary N) is 1. The Kier molecular flexibility index (Phi) is 3.65. The van der Waals surface area contributed by atoms with Crippen molar-refractivity contribution < 1.29 is 0 Å². The van der Waals surface area contributed by atoms with Gasteiger partial charge in [-0.15, -0.1) is 0 Å². The highest BCUT2D eigenvalue weighted by molar-refractivity contribution is 5.35. The average Bonchev–Trinajstić information content (AvgIpc) is 2.86. The Bertz CT molecular complexity index is 572. The van der Waals surface area contributed by atoms with Crippen LogP contribution < -0.4 is 5.32 Å². The fraction of sp³-hybridized carbons (Fsp3) is 0.333. The van der Waals surface area contributed by atoms with Gasteiger partial charge >= 0.3 is 0 Å². The third-order valence-corrected chi connectivity index (χ3v) is 3.90. The van der Waals surface area contributed by atoms with Gasteiger partial charge in [-0.1, -0.05) is 48.0 Å². The predicted molar refractivity (Wildman–Crippen MR) is 80.2 cm³/mol. The summed E-state index contributed by atoms with van der Waals surface area (Å²) in [6, 6.07) is 15.7. The van der Waals surface area contributed by atoms with E-state index in [2.05, 4.69) is 54.7 Å². The van der Waals surface area contributed by atoms with Crippen molar-refractivity contribution in [3.05, 3.63) is 70.3 Å². The highest BCUT2D eigenvalue weighted by Gasteiger charge is 2.10. The van der Waals surface area contributed by atoms with Gasteiger partial charge in [0.05, 0.1) is 0 Å². The van der Waals surface area contributed by atoms with Gasteiger partial charge in [0.15, 0.2) is 0 Å². The highest BCUT2D eigenvalue weighted by Crippen LogP contribution is 2.22. The molecule has 0 radical (unpaired) electrons. The Labute approximate surface area is 115 Å². The molecule has 0 saturated heterocycles. The minimum absolute atomic E-state index is 0.943. The first-order chi connectivity index (χ1) is 9.31. The van der Waals surface area contributed by atoms with E-state index in [1.165, 1.54) is 36.0 Å². The maximum Gasteiger partial charge on any atom is 0.0208 e. The lowest BCUT2D eigenvalue weighted by Gasteiger charge is -2.08. The van der Waals surface area contributed by atoms with E-state index in [0.717, 1.165) is 13.1 Å². The van der Waals surface area contributed by atoms with Crippen LogP contribution in [0.2, 0.25) is 0 Å². The number of fused-ring (bicyclic) bond motifs is 1. The van der Waals surface area contributed by atoms with Gasteiger partial charge in [0.25, 0.3) is 0 Å². The van der Waals surface area contributed by atoms with Gasteiger partial charge in [-0.2, -0.15) is 0 Å². The van der Waals surface area contributed by atoms with E-state index in [1.54, 1.807) is 11.1 Å². The number of hydrogen-bond acceptors (Lipinski definition) is 1. The highest BCUT2D eigenvalue weighted by atomic mass is 14.8. The molecule has 0 aliphatic heterocycles. The standard InChI is InChI=1S/C18H21N/c1-14-4-2-5-15(10-14)12-19-13-16-8-9-17-6-3-7-18(17)11-16/h2,4-5,8-11,19H,3,6-7,12-13H2,1H3. The zero-order valence-electron chi connectivity index (χ0n) is 11.6. The second-order valence-corrected chi connectivity index (χ2v) is 5.55. The number of hydrogen-bond donors (Lipinski definition) is 1. The zero-order chi connectivity index (χ0) is 13.1. The van der Waals surface area contributed by atoms with Gasteiger partial charge in [-0.05, 0) is 48.4 Å². The van der Waals surface area contributed by atoms with Crippen molar-refractivity contribution in [2.45, 2.75) is 39.3 Å². The molecule has 0 aromatic heterocycles. The molecule has 1 aliphatic carbocycles. The maximum absolute atomic E-state index is 3.54. The summed E-state index contributed by atoms with van der Waals surface area (Å²) >= 11 is 0.